The summed E-state index contributed by atoms with van der Waals surface area (Å²) in [5.41, 5.74) is 0.980. The van der Waals surface area contributed by atoms with E-state index in [1.807, 2.05) is 29.9 Å². The quantitative estimate of drug-likeness (QED) is 0.830. The van der Waals surface area contributed by atoms with Crippen LogP contribution in [0.1, 0.15) is 24.8 Å². The first kappa shape index (κ1) is 9.59. The van der Waals surface area contributed by atoms with Crippen LogP contribution in [0.3, 0.4) is 0 Å². The fraction of sp³-hybridized carbons (Fsp3) is 0.455. The second-order valence-electron chi connectivity index (χ2n) is 4.11. The predicted molar refractivity (Wildman–Crippen MR) is 58.7 cm³/mol. The van der Waals surface area contributed by atoms with Crippen LogP contribution in [0.5, 0.6) is 0 Å². The van der Waals surface area contributed by atoms with Crippen molar-refractivity contribution in [2.75, 3.05) is 6.54 Å². The molecule has 3 heterocycles. The zero-order valence-electron chi connectivity index (χ0n) is 9.18. The molecule has 0 unspecified atom stereocenters. The summed E-state index contributed by atoms with van der Waals surface area (Å²) in [5.74, 6) is 1.37. The lowest BCUT2D eigenvalue weighted by Gasteiger charge is -2.01. The Hall–Kier alpha value is -1.62. The SMILES string of the molecule is Cn1cccc1-c1noc([C@H]2CCCN2)n1. The fourth-order valence-corrected chi connectivity index (χ4v) is 2.07. The molecule has 2 aromatic rings. The molecular weight excluding hydrogens is 204 g/mol. The maximum atomic E-state index is 5.29. The molecule has 0 amide bonds. The van der Waals surface area contributed by atoms with Crippen molar-refractivity contribution in [3.63, 3.8) is 0 Å². The summed E-state index contributed by atoms with van der Waals surface area (Å²) >= 11 is 0. The molecule has 3 rings (SSSR count). The first-order chi connectivity index (χ1) is 7.84. The third-order valence-electron chi connectivity index (χ3n) is 2.97. The van der Waals surface area contributed by atoms with E-state index in [1.54, 1.807) is 0 Å². The van der Waals surface area contributed by atoms with E-state index in [2.05, 4.69) is 15.5 Å². The van der Waals surface area contributed by atoms with Crippen molar-refractivity contribution < 1.29 is 4.52 Å². The van der Waals surface area contributed by atoms with Crippen molar-refractivity contribution in [2.24, 2.45) is 7.05 Å². The van der Waals surface area contributed by atoms with Crippen LogP contribution in [-0.4, -0.2) is 21.3 Å². The van der Waals surface area contributed by atoms with Gasteiger partial charge in [0.25, 0.3) is 0 Å². The molecule has 1 saturated heterocycles. The average molecular weight is 218 g/mol. The lowest BCUT2D eigenvalue weighted by molar-refractivity contribution is 0.344. The second-order valence-corrected chi connectivity index (χ2v) is 4.11. The van der Waals surface area contributed by atoms with Gasteiger partial charge in [0.15, 0.2) is 0 Å². The fourth-order valence-electron chi connectivity index (χ4n) is 2.07. The summed E-state index contributed by atoms with van der Waals surface area (Å²) in [7, 11) is 1.97. The van der Waals surface area contributed by atoms with Gasteiger partial charge in [0, 0.05) is 13.2 Å². The minimum atomic E-state index is 0.238. The van der Waals surface area contributed by atoms with Gasteiger partial charge < -0.3 is 14.4 Å². The maximum absolute atomic E-state index is 5.29. The van der Waals surface area contributed by atoms with E-state index in [-0.39, 0.29) is 6.04 Å². The molecular formula is C11H14N4O. The Morgan fingerprint density at radius 2 is 2.50 bits per heavy atom. The maximum Gasteiger partial charge on any atom is 0.244 e. The van der Waals surface area contributed by atoms with Gasteiger partial charge in [-0.3, -0.25) is 0 Å². The second kappa shape index (κ2) is 3.75. The minimum Gasteiger partial charge on any atom is -0.348 e. The van der Waals surface area contributed by atoms with Crippen LogP contribution in [0.4, 0.5) is 0 Å². The number of aromatic nitrogens is 3. The smallest absolute Gasteiger partial charge is 0.244 e. The van der Waals surface area contributed by atoms with Gasteiger partial charge in [-0.25, -0.2) is 0 Å². The van der Waals surface area contributed by atoms with Gasteiger partial charge in [0.05, 0.1) is 11.7 Å². The third-order valence-corrected chi connectivity index (χ3v) is 2.97. The lowest BCUT2D eigenvalue weighted by atomic mass is 10.2. The summed E-state index contributed by atoms with van der Waals surface area (Å²) < 4.78 is 7.27. The van der Waals surface area contributed by atoms with E-state index in [0.717, 1.165) is 18.7 Å². The summed E-state index contributed by atoms with van der Waals surface area (Å²) in [4.78, 5) is 4.43. The van der Waals surface area contributed by atoms with Crippen LogP contribution >= 0.6 is 0 Å². The van der Waals surface area contributed by atoms with Crippen molar-refractivity contribution in [3.8, 4) is 11.5 Å². The normalized spacial score (nSPS) is 20.4. The number of rotatable bonds is 2. The molecule has 0 aromatic carbocycles. The largest absolute Gasteiger partial charge is 0.348 e. The van der Waals surface area contributed by atoms with Crippen molar-refractivity contribution in [3.05, 3.63) is 24.2 Å². The zero-order valence-corrected chi connectivity index (χ0v) is 9.18. The number of hydrogen-bond donors (Lipinski definition) is 1. The number of aryl methyl sites for hydroxylation is 1. The van der Waals surface area contributed by atoms with Crippen molar-refractivity contribution >= 4 is 0 Å². The van der Waals surface area contributed by atoms with Crippen LogP contribution in [-0.2, 0) is 7.05 Å². The van der Waals surface area contributed by atoms with Gasteiger partial charge in [-0.15, -0.1) is 0 Å². The Bertz CT molecular complexity index is 482. The van der Waals surface area contributed by atoms with Crippen LogP contribution < -0.4 is 5.32 Å². The first-order valence-corrected chi connectivity index (χ1v) is 5.53. The van der Waals surface area contributed by atoms with Gasteiger partial charge in [-0.2, -0.15) is 4.98 Å². The summed E-state index contributed by atoms with van der Waals surface area (Å²) in [6, 6.07) is 4.19. The Morgan fingerprint density at radius 1 is 1.56 bits per heavy atom. The highest BCUT2D eigenvalue weighted by molar-refractivity contribution is 5.49. The lowest BCUT2D eigenvalue weighted by Crippen LogP contribution is -2.13. The molecule has 84 valence electrons. The molecule has 0 aliphatic carbocycles. The molecule has 0 saturated carbocycles. The first-order valence-electron chi connectivity index (χ1n) is 5.53. The number of hydrogen-bond acceptors (Lipinski definition) is 4. The molecule has 5 nitrogen and oxygen atoms in total. The van der Waals surface area contributed by atoms with Gasteiger partial charge in [-0.05, 0) is 31.5 Å². The standard InChI is InChI=1S/C11H14N4O/c1-15-7-3-5-9(15)10-13-11(16-14-10)8-4-2-6-12-8/h3,5,7-8,12H,2,4,6H2,1H3/t8-/m1/s1. The molecule has 1 aliphatic rings. The van der Waals surface area contributed by atoms with E-state index in [4.69, 9.17) is 4.52 Å². The summed E-state index contributed by atoms with van der Waals surface area (Å²) in [6.45, 7) is 1.03. The van der Waals surface area contributed by atoms with E-state index >= 15 is 0 Å². The Kier molecular flexibility index (Phi) is 2.25. The predicted octanol–water partition coefficient (Wildman–Crippen LogP) is 1.50. The van der Waals surface area contributed by atoms with Crippen LogP contribution in [0.2, 0.25) is 0 Å². The molecule has 0 radical (unpaired) electrons. The highest BCUT2D eigenvalue weighted by atomic mass is 16.5. The molecule has 1 aliphatic heterocycles. The highest BCUT2D eigenvalue weighted by Crippen LogP contribution is 2.24. The molecule has 2 aromatic heterocycles. The van der Waals surface area contributed by atoms with E-state index in [1.165, 1.54) is 6.42 Å². The Labute approximate surface area is 93.5 Å². The molecule has 0 bridgehead atoms. The van der Waals surface area contributed by atoms with Crippen LogP contribution in [0.15, 0.2) is 22.9 Å². The van der Waals surface area contributed by atoms with Gasteiger partial charge in [0.2, 0.25) is 11.7 Å². The monoisotopic (exact) mass is 218 g/mol. The van der Waals surface area contributed by atoms with Gasteiger partial charge in [-0.1, -0.05) is 5.16 Å². The Morgan fingerprint density at radius 3 is 3.19 bits per heavy atom. The highest BCUT2D eigenvalue weighted by Gasteiger charge is 2.22. The Balaban J connectivity index is 1.90. The van der Waals surface area contributed by atoms with Crippen molar-refractivity contribution in [1.29, 1.82) is 0 Å². The molecule has 1 fully saturated rings. The van der Waals surface area contributed by atoms with Crippen LogP contribution in [0.25, 0.3) is 11.5 Å². The topological polar surface area (TPSA) is 55.9 Å². The van der Waals surface area contributed by atoms with Crippen molar-refractivity contribution in [2.45, 2.75) is 18.9 Å². The van der Waals surface area contributed by atoms with E-state index in [0.29, 0.717) is 11.7 Å². The average Bonchev–Trinajstić information content (AvgIpc) is 2.96. The van der Waals surface area contributed by atoms with Gasteiger partial charge >= 0.3 is 0 Å². The third kappa shape index (κ3) is 1.53. The minimum absolute atomic E-state index is 0.238. The number of nitrogens with zero attached hydrogens (tertiary/aromatic N) is 3. The van der Waals surface area contributed by atoms with E-state index < -0.39 is 0 Å². The summed E-state index contributed by atoms with van der Waals surface area (Å²) in [6.07, 6.45) is 4.22. The van der Waals surface area contributed by atoms with Crippen LogP contribution in [0, 0.1) is 0 Å². The van der Waals surface area contributed by atoms with Crippen molar-refractivity contribution in [1.82, 2.24) is 20.0 Å². The number of nitrogens with one attached hydrogen (secondary N) is 1. The molecule has 5 heteroatoms. The molecule has 0 spiro atoms. The molecule has 16 heavy (non-hydrogen) atoms. The summed E-state index contributed by atoms with van der Waals surface area (Å²) in [5, 5.41) is 7.36. The zero-order chi connectivity index (χ0) is 11.0. The molecule has 1 atom stereocenters. The van der Waals surface area contributed by atoms with E-state index in [9.17, 15) is 0 Å². The van der Waals surface area contributed by atoms with Gasteiger partial charge in [0.1, 0.15) is 0 Å². The molecule has 1 N–H and O–H groups in total.